The van der Waals surface area contributed by atoms with Crippen LogP contribution in [-0.4, -0.2) is 21.0 Å². The average molecular weight is 279 g/mol. The molecule has 1 rings (SSSR count). The molecule has 0 atom stereocenters. The number of methoxy groups -OCH3 is 1. The van der Waals surface area contributed by atoms with E-state index in [1.54, 1.807) is 12.1 Å². The van der Waals surface area contributed by atoms with Crippen molar-refractivity contribution < 1.29 is 9.84 Å². The van der Waals surface area contributed by atoms with Crippen molar-refractivity contribution in [2.24, 2.45) is 0 Å². The SMILES string of the molecule is C=CCc1ccc(O)c(OC)c1.CC[Si](CC)CC. The van der Waals surface area contributed by atoms with Crippen LogP contribution in [0.1, 0.15) is 26.3 Å². The minimum absolute atomic E-state index is 0.137. The van der Waals surface area contributed by atoms with Gasteiger partial charge in [-0.3, -0.25) is 0 Å². The van der Waals surface area contributed by atoms with Crippen LogP contribution in [0.3, 0.4) is 0 Å². The zero-order valence-corrected chi connectivity index (χ0v) is 13.7. The molecule has 0 aliphatic heterocycles. The van der Waals surface area contributed by atoms with Gasteiger partial charge in [0.2, 0.25) is 0 Å². The first-order chi connectivity index (χ1) is 9.12. The van der Waals surface area contributed by atoms with Crippen molar-refractivity contribution in [1.82, 2.24) is 0 Å². The van der Waals surface area contributed by atoms with E-state index in [0.717, 1.165) is 12.0 Å². The molecule has 107 valence electrons. The van der Waals surface area contributed by atoms with Crippen molar-refractivity contribution in [3.63, 3.8) is 0 Å². The second kappa shape index (κ2) is 10.7. The molecule has 1 aromatic rings. The fourth-order valence-electron chi connectivity index (χ4n) is 1.77. The Balaban J connectivity index is 0.000000399. The van der Waals surface area contributed by atoms with Crippen LogP contribution in [0.2, 0.25) is 18.1 Å². The molecule has 0 saturated carbocycles. The first kappa shape index (κ1) is 17.8. The molecule has 0 aliphatic carbocycles. The largest absolute Gasteiger partial charge is 0.504 e. The second-order valence-corrected chi connectivity index (χ2v) is 7.93. The van der Waals surface area contributed by atoms with E-state index in [-0.39, 0.29) is 14.5 Å². The fourth-order valence-corrected chi connectivity index (χ4v) is 3.27. The van der Waals surface area contributed by atoms with Crippen molar-refractivity contribution in [3.05, 3.63) is 36.4 Å². The minimum atomic E-state index is 0.137. The van der Waals surface area contributed by atoms with Gasteiger partial charge >= 0.3 is 0 Å². The van der Waals surface area contributed by atoms with Gasteiger partial charge in [0.05, 0.1) is 7.11 Å². The molecule has 1 aromatic carbocycles. The van der Waals surface area contributed by atoms with Gasteiger partial charge in [-0.2, -0.15) is 0 Å². The molecule has 0 aliphatic rings. The van der Waals surface area contributed by atoms with E-state index in [9.17, 15) is 5.11 Å². The van der Waals surface area contributed by atoms with Crippen LogP contribution >= 0.6 is 0 Å². The minimum Gasteiger partial charge on any atom is -0.504 e. The van der Waals surface area contributed by atoms with Crippen LogP contribution in [-0.2, 0) is 6.42 Å². The van der Waals surface area contributed by atoms with Crippen molar-refractivity contribution in [3.8, 4) is 11.5 Å². The Morgan fingerprint density at radius 1 is 1.21 bits per heavy atom. The quantitative estimate of drug-likeness (QED) is 0.605. The molecule has 0 heterocycles. The van der Waals surface area contributed by atoms with Gasteiger partial charge < -0.3 is 9.84 Å². The van der Waals surface area contributed by atoms with Crippen LogP contribution in [0.4, 0.5) is 0 Å². The number of phenolic OH excluding ortho intramolecular Hbond substituents is 1. The summed E-state index contributed by atoms with van der Waals surface area (Å²) in [7, 11) is 1.67. The van der Waals surface area contributed by atoms with E-state index in [4.69, 9.17) is 4.74 Å². The third-order valence-corrected chi connectivity index (χ3v) is 6.12. The Morgan fingerprint density at radius 2 is 1.79 bits per heavy atom. The average Bonchev–Trinajstić information content (AvgIpc) is 2.44. The molecule has 0 spiro atoms. The van der Waals surface area contributed by atoms with Crippen LogP contribution in [0, 0.1) is 0 Å². The van der Waals surface area contributed by atoms with E-state index in [1.807, 2.05) is 12.1 Å². The van der Waals surface area contributed by atoms with E-state index in [1.165, 1.54) is 25.2 Å². The maximum atomic E-state index is 9.25. The maximum absolute atomic E-state index is 9.25. The van der Waals surface area contributed by atoms with E-state index >= 15 is 0 Å². The molecular weight excluding hydrogens is 252 g/mol. The Morgan fingerprint density at radius 3 is 2.16 bits per heavy atom. The van der Waals surface area contributed by atoms with Crippen molar-refractivity contribution in [1.29, 1.82) is 0 Å². The first-order valence-electron chi connectivity index (χ1n) is 6.93. The van der Waals surface area contributed by atoms with Crippen molar-refractivity contribution in [2.45, 2.75) is 45.3 Å². The smallest absolute Gasteiger partial charge is 0.160 e. The lowest BCUT2D eigenvalue weighted by molar-refractivity contribution is 0.373. The van der Waals surface area contributed by atoms with E-state index in [2.05, 4.69) is 27.4 Å². The summed E-state index contributed by atoms with van der Waals surface area (Å²) >= 11 is 0. The molecular formula is C16H27O2Si. The predicted molar refractivity (Wildman–Crippen MR) is 85.8 cm³/mol. The molecule has 3 heteroatoms. The van der Waals surface area contributed by atoms with Crippen LogP contribution in [0.15, 0.2) is 30.9 Å². The van der Waals surface area contributed by atoms with E-state index in [0.29, 0.717) is 5.75 Å². The highest BCUT2D eigenvalue weighted by Gasteiger charge is 2.00. The van der Waals surface area contributed by atoms with Crippen molar-refractivity contribution >= 4 is 8.80 Å². The van der Waals surface area contributed by atoms with Gasteiger partial charge in [0.15, 0.2) is 11.5 Å². The van der Waals surface area contributed by atoms with Gasteiger partial charge in [-0.25, -0.2) is 0 Å². The van der Waals surface area contributed by atoms with Gasteiger partial charge in [0, 0.05) is 8.80 Å². The highest BCUT2D eigenvalue weighted by atomic mass is 28.3. The zero-order chi connectivity index (χ0) is 14.7. The lowest BCUT2D eigenvalue weighted by atomic mass is 10.1. The molecule has 0 bridgehead atoms. The molecule has 1 N–H and O–H groups in total. The summed E-state index contributed by atoms with van der Waals surface area (Å²) < 4.78 is 4.95. The summed E-state index contributed by atoms with van der Waals surface area (Å²) in [4.78, 5) is 0. The molecule has 2 nitrogen and oxygen atoms in total. The topological polar surface area (TPSA) is 29.5 Å². The molecule has 0 aromatic heterocycles. The number of hydrogen-bond donors (Lipinski definition) is 1. The predicted octanol–water partition coefficient (Wildman–Crippen LogP) is 4.67. The number of hydrogen-bond acceptors (Lipinski definition) is 2. The Kier molecular flexibility index (Phi) is 9.99. The number of rotatable bonds is 6. The normalized spacial score (nSPS) is 9.74. The Labute approximate surface area is 119 Å². The lowest BCUT2D eigenvalue weighted by Gasteiger charge is -2.04. The number of phenols is 1. The monoisotopic (exact) mass is 279 g/mol. The van der Waals surface area contributed by atoms with Crippen LogP contribution in [0.25, 0.3) is 0 Å². The summed E-state index contributed by atoms with van der Waals surface area (Å²) in [6.07, 6.45) is 2.60. The molecule has 19 heavy (non-hydrogen) atoms. The highest BCUT2D eigenvalue weighted by Crippen LogP contribution is 2.26. The molecule has 0 unspecified atom stereocenters. The molecule has 0 fully saturated rings. The first-order valence-corrected chi connectivity index (χ1v) is 9.05. The van der Waals surface area contributed by atoms with Crippen LogP contribution in [0.5, 0.6) is 11.5 Å². The summed E-state index contributed by atoms with van der Waals surface area (Å²) in [6.45, 7) is 10.6. The summed E-state index contributed by atoms with van der Waals surface area (Å²) in [5.74, 6) is 0.680. The van der Waals surface area contributed by atoms with Crippen LogP contribution < -0.4 is 4.74 Å². The number of aromatic hydroxyl groups is 1. The second-order valence-electron chi connectivity index (χ2n) is 4.31. The number of benzene rings is 1. The molecule has 0 amide bonds. The Hall–Kier alpha value is -1.22. The van der Waals surface area contributed by atoms with Gasteiger partial charge in [-0.15, -0.1) is 6.58 Å². The van der Waals surface area contributed by atoms with Gasteiger partial charge in [-0.05, 0) is 24.1 Å². The van der Waals surface area contributed by atoms with Gasteiger partial charge in [0.1, 0.15) is 0 Å². The number of allylic oxidation sites excluding steroid dienone is 1. The maximum Gasteiger partial charge on any atom is 0.160 e. The third-order valence-electron chi connectivity index (χ3n) is 3.12. The number of ether oxygens (including phenoxy) is 1. The summed E-state index contributed by atoms with van der Waals surface area (Å²) in [5.41, 5.74) is 1.08. The zero-order valence-electron chi connectivity index (χ0n) is 12.7. The molecule has 0 saturated heterocycles. The lowest BCUT2D eigenvalue weighted by Crippen LogP contribution is -2.04. The highest BCUT2D eigenvalue weighted by molar-refractivity contribution is 6.58. The fraction of sp³-hybridized carbons (Fsp3) is 0.500. The van der Waals surface area contributed by atoms with Gasteiger partial charge in [0.25, 0.3) is 0 Å². The summed E-state index contributed by atoms with van der Waals surface area (Å²) in [6, 6.07) is 9.64. The summed E-state index contributed by atoms with van der Waals surface area (Å²) in [5, 5.41) is 9.25. The standard InChI is InChI=1S/C10H12O2.C6H15Si/c1-3-4-8-5-6-9(11)10(7-8)12-2;1-4-7(5-2)6-3/h3,5-7,11H,1,4H2,2H3;4-6H2,1-3H3. The molecule has 1 radical (unpaired) electrons. The van der Waals surface area contributed by atoms with Gasteiger partial charge in [-0.1, -0.05) is 51.0 Å². The third kappa shape index (κ3) is 7.06. The van der Waals surface area contributed by atoms with E-state index < -0.39 is 0 Å². The van der Waals surface area contributed by atoms with Crippen molar-refractivity contribution in [2.75, 3.05) is 7.11 Å². The Bertz CT molecular complexity index is 354.